The summed E-state index contributed by atoms with van der Waals surface area (Å²) in [4.78, 5) is 0. The van der Waals surface area contributed by atoms with Gasteiger partial charge < -0.3 is 5.11 Å². The highest BCUT2D eigenvalue weighted by Crippen LogP contribution is 2.19. The van der Waals surface area contributed by atoms with Crippen LogP contribution in [0.25, 0.3) is 0 Å². The van der Waals surface area contributed by atoms with Crippen LogP contribution < -0.4 is 0 Å². The van der Waals surface area contributed by atoms with Crippen molar-refractivity contribution in [2.75, 3.05) is 0 Å². The van der Waals surface area contributed by atoms with Gasteiger partial charge in [-0.2, -0.15) is 0 Å². The van der Waals surface area contributed by atoms with Gasteiger partial charge in [-0.25, -0.2) is 0 Å². The second-order valence-electron chi connectivity index (χ2n) is 2.24. The molecule has 1 nitrogen and oxygen atoms in total. The van der Waals surface area contributed by atoms with E-state index in [0.717, 1.165) is 11.1 Å². The van der Waals surface area contributed by atoms with Crippen molar-refractivity contribution in [3.05, 3.63) is 29.3 Å². The summed E-state index contributed by atoms with van der Waals surface area (Å²) in [7, 11) is 0. The van der Waals surface area contributed by atoms with Gasteiger partial charge in [-0.3, -0.25) is 0 Å². The van der Waals surface area contributed by atoms with Crippen LogP contribution in [0.1, 0.15) is 38.8 Å². The largest absolute Gasteiger partial charge is 0.507 e. The van der Waals surface area contributed by atoms with Crippen molar-refractivity contribution in [1.29, 1.82) is 0 Å². The third kappa shape index (κ3) is 5.29. The fourth-order valence-electron chi connectivity index (χ4n) is 0.806. The summed E-state index contributed by atoms with van der Waals surface area (Å²) in [5.41, 5.74) is 1.88. The van der Waals surface area contributed by atoms with E-state index in [-0.39, 0.29) is 0 Å². The minimum atomic E-state index is 0.414. The molecule has 13 heavy (non-hydrogen) atoms. The average molecular weight is 182 g/mol. The number of aromatic hydroxyl groups is 1. The van der Waals surface area contributed by atoms with Crippen LogP contribution in [-0.4, -0.2) is 5.11 Å². The van der Waals surface area contributed by atoms with Crippen molar-refractivity contribution < 1.29 is 5.11 Å². The lowest BCUT2D eigenvalue weighted by Crippen LogP contribution is -1.76. The predicted molar refractivity (Wildman–Crippen MR) is 60.3 cm³/mol. The van der Waals surface area contributed by atoms with Gasteiger partial charge >= 0.3 is 0 Å². The molecule has 1 aromatic carbocycles. The van der Waals surface area contributed by atoms with Crippen LogP contribution >= 0.6 is 0 Å². The molecule has 0 unspecified atom stereocenters. The lowest BCUT2D eigenvalue weighted by molar-refractivity contribution is 0.467. The van der Waals surface area contributed by atoms with Crippen LogP contribution in [0.3, 0.4) is 0 Å². The zero-order chi connectivity index (χ0) is 10.9. The Labute approximate surface area is 82.4 Å². The Kier molecular flexibility index (Phi) is 10.2. The van der Waals surface area contributed by atoms with Crippen LogP contribution in [0.4, 0.5) is 0 Å². The van der Waals surface area contributed by atoms with Crippen molar-refractivity contribution in [3.63, 3.8) is 0 Å². The SMILES string of the molecule is CC.CC.Cc1cccc(C)c1O. The average Bonchev–Trinajstić information content (AvgIpc) is 2.20. The minimum Gasteiger partial charge on any atom is -0.507 e. The molecule has 1 N–H and O–H groups in total. The molecule has 0 aromatic heterocycles. The molecule has 0 saturated carbocycles. The van der Waals surface area contributed by atoms with Crippen molar-refractivity contribution in [1.82, 2.24) is 0 Å². The number of rotatable bonds is 0. The molecule has 0 radical (unpaired) electrons. The van der Waals surface area contributed by atoms with E-state index in [9.17, 15) is 5.11 Å². The molecule has 0 heterocycles. The van der Waals surface area contributed by atoms with Crippen molar-refractivity contribution in [3.8, 4) is 5.75 Å². The van der Waals surface area contributed by atoms with Crippen molar-refractivity contribution >= 4 is 0 Å². The highest BCUT2D eigenvalue weighted by Gasteiger charge is 1.95. The van der Waals surface area contributed by atoms with Crippen molar-refractivity contribution in [2.24, 2.45) is 0 Å². The molecule has 1 rings (SSSR count). The highest BCUT2D eigenvalue weighted by atomic mass is 16.3. The molecule has 0 saturated heterocycles. The first kappa shape index (κ1) is 14.5. The predicted octanol–water partition coefficient (Wildman–Crippen LogP) is 4.06. The first-order valence-electron chi connectivity index (χ1n) is 4.97. The first-order valence-corrected chi connectivity index (χ1v) is 4.97. The molecule has 76 valence electrons. The third-order valence-electron chi connectivity index (χ3n) is 1.44. The van der Waals surface area contributed by atoms with Gasteiger partial charge in [-0.1, -0.05) is 45.9 Å². The topological polar surface area (TPSA) is 20.2 Å². The van der Waals surface area contributed by atoms with Gasteiger partial charge in [-0.05, 0) is 25.0 Å². The van der Waals surface area contributed by atoms with E-state index in [0.29, 0.717) is 5.75 Å². The van der Waals surface area contributed by atoms with Gasteiger partial charge in [0, 0.05) is 0 Å². The number of phenolic OH excluding ortho intramolecular Hbond substituents is 1. The summed E-state index contributed by atoms with van der Waals surface area (Å²) < 4.78 is 0. The summed E-state index contributed by atoms with van der Waals surface area (Å²) in [6.45, 7) is 11.8. The Morgan fingerprint density at radius 1 is 0.846 bits per heavy atom. The summed E-state index contributed by atoms with van der Waals surface area (Å²) in [5, 5.41) is 9.21. The lowest BCUT2D eigenvalue weighted by atomic mass is 10.1. The van der Waals surface area contributed by atoms with Crippen molar-refractivity contribution in [2.45, 2.75) is 41.5 Å². The van der Waals surface area contributed by atoms with E-state index >= 15 is 0 Å². The quantitative estimate of drug-likeness (QED) is 0.641. The Balaban J connectivity index is 0. The second-order valence-corrected chi connectivity index (χ2v) is 2.24. The highest BCUT2D eigenvalue weighted by molar-refractivity contribution is 5.37. The zero-order valence-corrected chi connectivity index (χ0v) is 9.68. The van der Waals surface area contributed by atoms with Crippen LogP contribution in [-0.2, 0) is 0 Å². The number of hydrogen-bond acceptors (Lipinski definition) is 1. The number of aryl methyl sites for hydroxylation is 2. The van der Waals surface area contributed by atoms with Crippen LogP contribution in [0.2, 0.25) is 0 Å². The summed E-state index contributed by atoms with van der Waals surface area (Å²) in [6, 6.07) is 5.72. The van der Waals surface area contributed by atoms with Gasteiger partial charge in [-0.15, -0.1) is 0 Å². The van der Waals surface area contributed by atoms with E-state index in [1.165, 1.54) is 0 Å². The molecule has 0 fully saturated rings. The molecule has 0 atom stereocenters. The Bertz CT molecular complexity index is 196. The molecule has 1 aromatic rings. The zero-order valence-electron chi connectivity index (χ0n) is 9.68. The van der Waals surface area contributed by atoms with E-state index in [1.54, 1.807) is 0 Å². The smallest absolute Gasteiger partial charge is 0.121 e. The Morgan fingerprint density at radius 3 is 1.38 bits per heavy atom. The van der Waals surface area contributed by atoms with Gasteiger partial charge in [0.15, 0.2) is 0 Å². The minimum absolute atomic E-state index is 0.414. The maximum Gasteiger partial charge on any atom is 0.121 e. The van der Waals surface area contributed by atoms with Gasteiger partial charge in [0.1, 0.15) is 5.75 Å². The fourth-order valence-corrected chi connectivity index (χ4v) is 0.806. The van der Waals surface area contributed by atoms with Crippen LogP contribution in [0, 0.1) is 13.8 Å². The summed E-state index contributed by atoms with van der Waals surface area (Å²) in [5.74, 6) is 0.414. The van der Waals surface area contributed by atoms with E-state index in [2.05, 4.69) is 0 Å². The molecule has 1 heteroatoms. The molecule has 0 aliphatic carbocycles. The normalized spacial score (nSPS) is 7.54. The monoisotopic (exact) mass is 182 g/mol. The summed E-state index contributed by atoms with van der Waals surface area (Å²) in [6.07, 6.45) is 0. The molecule has 0 spiro atoms. The maximum atomic E-state index is 9.21. The lowest BCUT2D eigenvalue weighted by Gasteiger charge is -1.99. The Morgan fingerprint density at radius 2 is 1.15 bits per heavy atom. The Hall–Kier alpha value is -0.980. The molecule has 0 bridgehead atoms. The van der Waals surface area contributed by atoms with E-state index in [1.807, 2.05) is 59.7 Å². The van der Waals surface area contributed by atoms with E-state index < -0.39 is 0 Å². The number of benzene rings is 1. The molecular weight excluding hydrogens is 160 g/mol. The van der Waals surface area contributed by atoms with Crippen LogP contribution in [0.15, 0.2) is 18.2 Å². The second kappa shape index (κ2) is 9.11. The molecular formula is C12H22O. The maximum absolute atomic E-state index is 9.21. The van der Waals surface area contributed by atoms with Crippen LogP contribution in [0.5, 0.6) is 5.75 Å². The molecule has 0 amide bonds. The molecule has 0 aliphatic rings. The number of phenols is 1. The fraction of sp³-hybridized carbons (Fsp3) is 0.500. The van der Waals surface area contributed by atoms with Gasteiger partial charge in [0.05, 0.1) is 0 Å². The summed E-state index contributed by atoms with van der Waals surface area (Å²) >= 11 is 0. The first-order chi connectivity index (χ1) is 6.22. The van der Waals surface area contributed by atoms with E-state index in [4.69, 9.17) is 0 Å². The van der Waals surface area contributed by atoms with Gasteiger partial charge in [0.25, 0.3) is 0 Å². The molecule has 0 aliphatic heterocycles. The standard InChI is InChI=1S/C8H10O.2C2H6/c1-6-4-3-5-7(2)8(6)9;2*1-2/h3-5,9H,1-2H3;2*1-2H3. The third-order valence-corrected chi connectivity index (χ3v) is 1.44. The number of hydrogen-bond donors (Lipinski definition) is 1. The van der Waals surface area contributed by atoms with Gasteiger partial charge in [0.2, 0.25) is 0 Å². The number of para-hydroxylation sites is 1.